The second-order valence-electron chi connectivity index (χ2n) is 2.71. The molecule has 0 rings (SSSR count). The molecule has 0 spiro atoms. The van der Waals surface area contributed by atoms with Crippen molar-refractivity contribution in [1.82, 2.24) is 0 Å². The minimum atomic E-state index is -0.0660. The van der Waals surface area contributed by atoms with E-state index < -0.39 is 0 Å². The Morgan fingerprint density at radius 2 is 2.22 bits per heavy atom. The van der Waals surface area contributed by atoms with E-state index in [1.165, 1.54) is 0 Å². The maximum absolute atomic E-state index is 10.0. The first-order chi connectivity index (χ1) is 4.12. The Balaban J connectivity index is 3.99. The van der Waals surface area contributed by atoms with Gasteiger partial charge in [-0.1, -0.05) is 20.4 Å². The number of allylic oxidation sites excluding steroid dienone is 1. The molecule has 0 unspecified atom stereocenters. The van der Waals surface area contributed by atoms with Crippen molar-refractivity contribution >= 4 is 6.29 Å². The second kappa shape index (κ2) is 3.26. The zero-order chi connectivity index (χ0) is 7.33. The van der Waals surface area contributed by atoms with Crippen LogP contribution >= 0.6 is 0 Å². The molecule has 0 saturated heterocycles. The van der Waals surface area contributed by atoms with E-state index in [2.05, 4.69) is 12.3 Å². The summed E-state index contributed by atoms with van der Waals surface area (Å²) in [6.45, 7) is 7.38. The number of carbonyl (C=O) groups excluding carboxylic acids is 1. The fraction of sp³-hybridized carbons (Fsp3) is 0.500. The van der Waals surface area contributed by atoms with Gasteiger partial charge in [0.15, 0.2) is 0 Å². The second-order valence-corrected chi connectivity index (χ2v) is 2.71. The van der Waals surface area contributed by atoms with E-state index in [4.69, 9.17) is 0 Å². The Morgan fingerprint density at radius 1 is 1.67 bits per heavy atom. The average Bonchev–Trinajstić information content (AvgIpc) is 1.64. The number of aldehydes is 1. The van der Waals surface area contributed by atoms with E-state index in [9.17, 15) is 4.79 Å². The predicted octanol–water partition coefficient (Wildman–Crippen LogP) is 1.94. The van der Waals surface area contributed by atoms with Crippen LogP contribution < -0.4 is 0 Å². The average molecular weight is 124 g/mol. The molecule has 1 nitrogen and oxygen atoms in total. The summed E-state index contributed by atoms with van der Waals surface area (Å²) in [5.74, 6) is 0. The van der Waals surface area contributed by atoms with Crippen LogP contribution in [0.1, 0.15) is 20.3 Å². The van der Waals surface area contributed by atoms with Crippen molar-refractivity contribution in [2.75, 3.05) is 0 Å². The van der Waals surface area contributed by atoms with Gasteiger partial charge < -0.3 is 4.79 Å². The fourth-order valence-corrected chi connectivity index (χ4v) is 0.550. The normalized spacial score (nSPS) is 10.0. The van der Waals surface area contributed by atoms with Gasteiger partial charge >= 0.3 is 0 Å². The largest absolute Gasteiger partial charge is 0.303 e. The maximum Gasteiger partial charge on any atom is 0.120 e. The maximum atomic E-state index is 10.0. The summed E-state index contributed by atoms with van der Waals surface area (Å²) >= 11 is 0. The van der Waals surface area contributed by atoms with Gasteiger partial charge in [0.1, 0.15) is 6.29 Å². The molecule has 0 heterocycles. The van der Waals surface area contributed by atoms with Crippen LogP contribution in [0.25, 0.3) is 0 Å². The van der Waals surface area contributed by atoms with E-state index in [-0.39, 0.29) is 5.41 Å². The lowest BCUT2D eigenvalue weighted by molar-refractivity contribution is -0.109. The van der Waals surface area contributed by atoms with Crippen LogP contribution in [0.3, 0.4) is 0 Å². The first-order valence-electron chi connectivity index (χ1n) is 2.93. The van der Waals surface area contributed by atoms with Gasteiger partial charge in [-0.15, -0.1) is 5.73 Å². The first kappa shape index (κ1) is 8.19. The predicted molar refractivity (Wildman–Crippen MR) is 38.2 cm³/mol. The molecule has 0 fully saturated rings. The van der Waals surface area contributed by atoms with Crippen molar-refractivity contribution in [3.05, 3.63) is 18.4 Å². The molecule has 0 aromatic heterocycles. The van der Waals surface area contributed by atoms with E-state index >= 15 is 0 Å². The van der Waals surface area contributed by atoms with E-state index in [0.717, 1.165) is 6.29 Å². The minimum absolute atomic E-state index is 0.0660. The summed E-state index contributed by atoms with van der Waals surface area (Å²) < 4.78 is 0. The number of hydrogen-bond donors (Lipinski definition) is 0. The highest BCUT2D eigenvalue weighted by Gasteiger charge is 2.11. The molecule has 0 aliphatic carbocycles. The molecule has 9 heavy (non-hydrogen) atoms. The molecule has 50 valence electrons. The van der Waals surface area contributed by atoms with Crippen molar-refractivity contribution in [2.45, 2.75) is 20.3 Å². The molecule has 0 aliphatic heterocycles. The molecule has 0 atom stereocenters. The summed E-state index contributed by atoms with van der Waals surface area (Å²) in [5, 5.41) is 0. The van der Waals surface area contributed by atoms with Crippen LogP contribution in [0.5, 0.6) is 0 Å². The lowest BCUT2D eigenvalue weighted by Crippen LogP contribution is -2.06. The first-order valence-corrected chi connectivity index (χ1v) is 2.93. The highest BCUT2D eigenvalue weighted by molar-refractivity contribution is 5.51. The minimum Gasteiger partial charge on any atom is -0.303 e. The zero-order valence-electron chi connectivity index (χ0n) is 5.98. The SMILES string of the molecule is C=C=CC(C)(C)CC=O. The van der Waals surface area contributed by atoms with Gasteiger partial charge in [0.05, 0.1) is 0 Å². The Bertz CT molecular complexity index is 139. The van der Waals surface area contributed by atoms with E-state index in [1.54, 1.807) is 6.08 Å². The molecule has 0 aromatic rings. The van der Waals surface area contributed by atoms with E-state index in [0.29, 0.717) is 6.42 Å². The molecular weight excluding hydrogens is 112 g/mol. The fourth-order valence-electron chi connectivity index (χ4n) is 0.550. The Morgan fingerprint density at radius 3 is 2.56 bits per heavy atom. The molecule has 0 radical (unpaired) electrons. The van der Waals surface area contributed by atoms with Gasteiger partial charge in [-0.3, -0.25) is 0 Å². The quantitative estimate of drug-likeness (QED) is 0.415. The van der Waals surface area contributed by atoms with E-state index in [1.807, 2.05) is 13.8 Å². The summed E-state index contributed by atoms with van der Waals surface area (Å²) in [4.78, 5) is 10.0. The molecule has 0 aliphatic rings. The van der Waals surface area contributed by atoms with Crippen molar-refractivity contribution < 1.29 is 4.79 Å². The van der Waals surface area contributed by atoms with Crippen LogP contribution in [0.4, 0.5) is 0 Å². The molecule has 0 aromatic carbocycles. The number of hydrogen-bond acceptors (Lipinski definition) is 1. The van der Waals surface area contributed by atoms with Crippen molar-refractivity contribution in [3.63, 3.8) is 0 Å². The third kappa shape index (κ3) is 3.75. The van der Waals surface area contributed by atoms with Gasteiger partial charge in [0.25, 0.3) is 0 Å². The Labute approximate surface area is 56.1 Å². The number of carbonyl (C=O) groups is 1. The topological polar surface area (TPSA) is 17.1 Å². The molecular formula is C8H12O. The van der Waals surface area contributed by atoms with Gasteiger partial charge in [-0.25, -0.2) is 0 Å². The smallest absolute Gasteiger partial charge is 0.120 e. The molecule has 0 N–H and O–H groups in total. The van der Waals surface area contributed by atoms with Crippen LogP contribution in [0.2, 0.25) is 0 Å². The Kier molecular flexibility index (Phi) is 2.97. The van der Waals surface area contributed by atoms with Crippen LogP contribution in [-0.2, 0) is 4.79 Å². The third-order valence-corrected chi connectivity index (χ3v) is 1.10. The van der Waals surface area contributed by atoms with Gasteiger partial charge in [0.2, 0.25) is 0 Å². The van der Waals surface area contributed by atoms with Crippen LogP contribution in [0, 0.1) is 5.41 Å². The number of rotatable bonds is 3. The van der Waals surface area contributed by atoms with Crippen molar-refractivity contribution in [3.8, 4) is 0 Å². The summed E-state index contributed by atoms with van der Waals surface area (Å²) in [6.07, 6.45) is 3.25. The molecule has 0 amide bonds. The van der Waals surface area contributed by atoms with Gasteiger partial charge in [-0.2, -0.15) is 0 Å². The lowest BCUT2D eigenvalue weighted by Gasteiger charge is -2.13. The third-order valence-electron chi connectivity index (χ3n) is 1.10. The zero-order valence-corrected chi connectivity index (χ0v) is 5.98. The highest BCUT2D eigenvalue weighted by atomic mass is 16.1. The lowest BCUT2D eigenvalue weighted by atomic mass is 9.90. The summed E-state index contributed by atoms with van der Waals surface area (Å²) in [6, 6.07) is 0. The Hall–Kier alpha value is -0.810. The highest BCUT2D eigenvalue weighted by Crippen LogP contribution is 2.19. The monoisotopic (exact) mass is 124 g/mol. The standard InChI is InChI=1S/C8H12O/c1-4-5-8(2,3)6-7-9/h5,7H,1,6H2,2-3H3. The summed E-state index contributed by atoms with van der Waals surface area (Å²) in [5.41, 5.74) is 2.59. The van der Waals surface area contributed by atoms with Crippen LogP contribution in [-0.4, -0.2) is 6.29 Å². The molecule has 0 bridgehead atoms. The molecule has 1 heteroatoms. The van der Waals surface area contributed by atoms with Gasteiger partial charge in [-0.05, 0) is 11.5 Å². The summed E-state index contributed by atoms with van der Waals surface area (Å²) in [7, 11) is 0. The van der Waals surface area contributed by atoms with Crippen LogP contribution in [0.15, 0.2) is 18.4 Å². The van der Waals surface area contributed by atoms with Crippen molar-refractivity contribution in [1.29, 1.82) is 0 Å². The van der Waals surface area contributed by atoms with Crippen molar-refractivity contribution in [2.24, 2.45) is 5.41 Å². The van der Waals surface area contributed by atoms with Gasteiger partial charge in [0, 0.05) is 6.42 Å². The molecule has 0 saturated carbocycles.